The highest BCUT2D eigenvalue weighted by molar-refractivity contribution is 7.09. The second-order valence-electron chi connectivity index (χ2n) is 6.97. The molecular formula is C19H22N4O2S. The Morgan fingerprint density at radius 1 is 1.12 bits per heavy atom. The highest BCUT2D eigenvalue weighted by atomic mass is 32.1. The molecule has 1 saturated carbocycles. The Hall–Kier alpha value is -2.28. The normalized spacial score (nSPS) is 19.2. The minimum absolute atomic E-state index is 0.136. The van der Waals surface area contributed by atoms with Gasteiger partial charge in [0.2, 0.25) is 5.91 Å². The van der Waals surface area contributed by atoms with Gasteiger partial charge in [-0.15, -0.1) is 11.3 Å². The maximum Gasteiger partial charge on any atom is 0.270 e. The second kappa shape index (κ2) is 7.53. The quantitative estimate of drug-likeness (QED) is 0.878. The molecule has 0 unspecified atom stereocenters. The molecule has 0 spiro atoms. The summed E-state index contributed by atoms with van der Waals surface area (Å²) in [5, 5.41) is 5.98. The third-order valence-electron chi connectivity index (χ3n) is 5.15. The van der Waals surface area contributed by atoms with E-state index in [-0.39, 0.29) is 23.8 Å². The number of nitrogens with zero attached hydrogens (tertiary/aromatic N) is 3. The molecule has 4 rings (SSSR count). The molecule has 0 bridgehead atoms. The van der Waals surface area contributed by atoms with E-state index in [4.69, 9.17) is 0 Å². The lowest BCUT2D eigenvalue weighted by atomic mass is 9.89. The van der Waals surface area contributed by atoms with Gasteiger partial charge in [0, 0.05) is 36.8 Å². The van der Waals surface area contributed by atoms with Gasteiger partial charge in [-0.2, -0.15) is 0 Å². The van der Waals surface area contributed by atoms with Crippen LogP contribution in [0.2, 0.25) is 0 Å². The summed E-state index contributed by atoms with van der Waals surface area (Å²) < 4.78 is 0. The number of aromatic nitrogens is 2. The molecule has 2 aromatic heterocycles. The second-order valence-corrected chi connectivity index (χ2v) is 7.90. The minimum Gasteiger partial charge on any atom is -0.342 e. The van der Waals surface area contributed by atoms with Crippen molar-refractivity contribution in [3.63, 3.8) is 0 Å². The van der Waals surface area contributed by atoms with Crippen LogP contribution >= 0.6 is 11.3 Å². The van der Waals surface area contributed by atoms with Gasteiger partial charge in [0.1, 0.15) is 10.7 Å². The first-order chi connectivity index (χ1) is 12.7. The lowest BCUT2D eigenvalue weighted by Crippen LogP contribution is -2.43. The van der Waals surface area contributed by atoms with Crippen LogP contribution in [0.1, 0.15) is 47.2 Å². The van der Waals surface area contributed by atoms with Crippen LogP contribution in [-0.4, -0.2) is 39.8 Å². The first kappa shape index (κ1) is 17.1. The minimum atomic E-state index is -0.178. The van der Waals surface area contributed by atoms with Crippen molar-refractivity contribution in [2.45, 2.75) is 31.7 Å². The number of pyridine rings is 1. The monoisotopic (exact) mass is 370 g/mol. The van der Waals surface area contributed by atoms with E-state index in [1.807, 2.05) is 16.3 Å². The summed E-state index contributed by atoms with van der Waals surface area (Å²) in [4.78, 5) is 35.4. The summed E-state index contributed by atoms with van der Waals surface area (Å²) in [5.74, 6) is 0.677. The van der Waals surface area contributed by atoms with Crippen molar-refractivity contribution in [1.82, 2.24) is 20.2 Å². The third kappa shape index (κ3) is 3.77. The van der Waals surface area contributed by atoms with E-state index in [9.17, 15) is 9.59 Å². The van der Waals surface area contributed by atoms with Crippen molar-refractivity contribution < 1.29 is 9.59 Å². The lowest BCUT2D eigenvalue weighted by Gasteiger charge is -2.35. The van der Waals surface area contributed by atoms with E-state index in [1.54, 1.807) is 35.9 Å². The molecule has 2 aromatic rings. The molecule has 6 nitrogen and oxygen atoms in total. The Kier molecular flexibility index (Phi) is 4.97. The predicted molar refractivity (Wildman–Crippen MR) is 98.6 cm³/mol. The molecule has 7 heteroatoms. The zero-order valence-electron chi connectivity index (χ0n) is 14.5. The largest absolute Gasteiger partial charge is 0.342 e. The van der Waals surface area contributed by atoms with Crippen molar-refractivity contribution in [2.75, 3.05) is 13.1 Å². The summed E-state index contributed by atoms with van der Waals surface area (Å²) >= 11 is 1.56. The number of likely N-dealkylation sites (tertiary alicyclic amines) is 1. The number of piperidine rings is 1. The average molecular weight is 370 g/mol. The number of hydrogen-bond acceptors (Lipinski definition) is 5. The topological polar surface area (TPSA) is 75.2 Å². The molecule has 0 radical (unpaired) electrons. The van der Waals surface area contributed by atoms with Gasteiger partial charge in [-0.25, -0.2) is 4.98 Å². The lowest BCUT2D eigenvalue weighted by molar-refractivity contribution is -0.134. The van der Waals surface area contributed by atoms with Crippen molar-refractivity contribution >= 4 is 23.2 Å². The zero-order chi connectivity index (χ0) is 17.9. The highest BCUT2D eigenvalue weighted by Crippen LogP contribution is 2.35. The number of carbonyl (C=O) groups excluding carboxylic acids is 2. The van der Waals surface area contributed by atoms with Crippen molar-refractivity contribution in [2.24, 2.45) is 11.8 Å². The number of amides is 2. The Morgan fingerprint density at radius 2 is 1.92 bits per heavy atom. The van der Waals surface area contributed by atoms with Gasteiger partial charge >= 0.3 is 0 Å². The maximum absolute atomic E-state index is 12.6. The van der Waals surface area contributed by atoms with Gasteiger partial charge < -0.3 is 10.2 Å². The third-order valence-corrected chi connectivity index (χ3v) is 6.01. The fourth-order valence-corrected chi connectivity index (χ4v) is 4.30. The van der Waals surface area contributed by atoms with E-state index in [0.717, 1.165) is 43.8 Å². The molecular weight excluding hydrogens is 348 g/mol. The van der Waals surface area contributed by atoms with Gasteiger partial charge in [0.05, 0.1) is 6.04 Å². The van der Waals surface area contributed by atoms with Gasteiger partial charge in [0.15, 0.2) is 0 Å². The van der Waals surface area contributed by atoms with E-state index >= 15 is 0 Å². The van der Waals surface area contributed by atoms with Gasteiger partial charge in [-0.3, -0.25) is 14.6 Å². The Bertz CT molecular complexity index is 753. The number of nitrogens with one attached hydrogen (secondary N) is 1. The van der Waals surface area contributed by atoms with Gasteiger partial charge in [-0.1, -0.05) is 6.07 Å². The molecule has 1 saturated heterocycles. The molecule has 136 valence electrons. The highest BCUT2D eigenvalue weighted by Gasteiger charge is 2.37. The molecule has 26 heavy (non-hydrogen) atoms. The fraction of sp³-hybridized carbons (Fsp3) is 0.474. The first-order valence-electron chi connectivity index (χ1n) is 9.12. The maximum atomic E-state index is 12.6. The number of thiazole rings is 1. The molecule has 2 amide bonds. The van der Waals surface area contributed by atoms with Gasteiger partial charge in [-0.05, 0) is 43.7 Å². The summed E-state index contributed by atoms with van der Waals surface area (Å²) in [6, 6.07) is 5.18. The first-order valence-corrected chi connectivity index (χ1v) is 10.0. The van der Waals surface area contributed by atoms with Crippen LogP contribution in [0.5, 0.6) is 0 Å². The standard InChI is InChI=1S/C19H22N4O2S/c24-17(15-3-1-2-8-20-15)22-16(18-21-9-12-26-18)13-6-10-23(11-7-13)19(25)14-4-5-14/h1-3,8-9,12-14,16H,4-7,10-11H2,(H,22,24)/t16-/m0/s1. The Balaban J connectivity index is 1.44. The molecule has 1 N–H and O–H groups in total. The van der Waals surface area contributed by atoms with E-state index in [0.29, 0.717) is 11.6 Å². The molecule has 1 aliphatic carbocycles. The van der Waals surface area contributed by atoms with Crippen LogP contribution in [0.25, 0.3) is 0 Å². The molecule has 1 aliphatic heterocycles. The summed E-state index contributed by atoms with van der Waals surface area (Å²) in [6.07, 6.45) is 7.23. The average Bonchev–Trinajstić information content (AvgIpc) is 3.41. The van der Waals surface area contributed by atoms with Crippen LogP contribution in [0.3, 0.4) is 0 Å². The van der Waals surface area contributed by atoms with Crippen LogP contribution in [-0.2, 0) is 4.79 Å². The summed E-state index contributed by atoms with van der Waals surface area (Å²) in [7, 11) is 0. The van der Waals surface area contributed by atoms with E-state index in [1.165, 1.54) is 0 Å². The number of rotatable bonds is 5. The van der Waals surface area contributed by atoms with Crippen molar-refractivity contribution in [1.29, 1.82) is 0 Å². The molecule has 2 fully saturated rings. The van der Waals surface area contributed by atoms with Crippen molar-refractivity contribution in [3.8, 4) is 0 Å². The fourth-order valence-electron chi connectivity index (χ4n) is 3.52. The van der Waals surface area contributed by atoms with E-state index in [2.05, 4.69) is 15.3 Å². The Morgan fingerprint density at radius 3 is 2.54 bits per heavy atom. The predicted octanol–water partition coefficient (Wildman–Crippen LogP) is 2.66. The molecule has 1 atom stereocenters. The molecule has 2 aliphatic rings. The van der Waals surface area contributed by atoms with E-state index < -0.39 is 0 Å². The number of hydrogen-bond donors (Lipinski definition) is 1. The molecule has 0 aromatic carbocycles. The van der Waals surface area contributed by atoms with Crippen molar-refractivity contribution in [3.05, 3.63) is 46.7 Å². The number of carbonyl (C=O) groups is 2. The summed E-state index contributed by atoms with van der Waals surface area (Å²) in [6.45, 7) is 1.53. The van der Waals surface area contributed by atoms with Crippen LogP contribution < -0.4 is 5.32 Å². The molecule has 3 heterocycles. The Labute approximate surface area is 156 Å². The zero-order valence-corrected chi connectivity index (χ0v) is 15.3. The van der Waals surface area contributed by atoms with Crippen LogP contribution in [0.15, 0.2) is 36.0 Å². The smallest absolute Gasteiger partial charge is 0.270 e. The SMILES string of the molecule is O=C(N[C@H](c1nccs1)C1CCN(C(=O)C2CC2)CC1)c1ccccn1. The van der Waals surface area contributed by atoms with Gasteiger partial charge in [0.25, 0.3) is 5.91 Å². The van der Waals surface area contributed by atoms with Crippen LogP contribution in [0.4, 0.5) is 0 Å². The summed E-state index contributed by atoms with van der Waals surface area (Å²) in [5.41, 5.74) is 0.412. The van der Waals surface area contributed by atoms with Crippen LogP contribution in [0, 0.1) is 11.8 Å².